The van der Waals surface area contributed by atoms with Crippen LogP contribution in [0, 0.1) is 0 Å². The third-order valence-electron chi connectivity index (χ3n) is 4.41. The molecule has 2 aliphatic rings. The maximum atomic E-state index is 12.2. The van der Waals surface area contributed by atoms with Gasteiger partial charge in [0.1, 0.15) is 11.7 Å². The van der Waals surface area contributed by atoms with Crippen LogP contribution < -0.4 is 4.90 Å². The highest BCUT2D eigenvalue weighted by Crippen LogP contribution is 2.35. The van der Waals surface area contributed by atoms with Gasteiger partial charge in [-0.15, -0.1) is 0 Å². The lowest BCUT2D eigenvalue weighted by Crippen LogP contribution is -2.37. The van der Waals surface area contributed by atoms with Crippen LogP contribution in [0.3, 0.4) is 0 Å². The molecule has 8 nitrogen and oxygen atoms in total. The monoisotopic (exact) mass is 351 g/mol. The molecular weight excluding hydrogens is 334 g/mol. The van der Waals surface area contributed by atoms with Gasteiger partial charge in [-0.05, 0) is 24.9 Å². The van der Waals surface area contributed by atoms with Crippen LogP contribution in [0.5, 0.6) is 0 Å². The molecular formula is C15H18ClN5O3. The molecule has 0 saturated carbocycles. The third kappa shape index (κ3) is 2.50. The molecule has 2 aromatic rings. The highest BCUT2D eigenvalue weighted by molar-refractivity contribution is 6.28. The summed E-state index contributed by atoms with van der Waals surface area (Å²) in [4.78, 5) is 27.7. The standard InChI is InChI=1S/C15H18ClN5O3/c1-2-24-14(22)9-3-4-21-11(9)17-10-12(18-15(16)19-13(10)21)20-5-7-23-8-6-20/h9H,2-8H2,1H3. The molecule has 2 aliphatic heterocycles. The van der Waals surface area contributed by atoms with Crippen molar-refractivity contribution >= 4 is 34.6 Å². The fourth-order valence-corrected chi connectivity index (χ4v) is 3.47. The number of aryl methyl sites for hydroxylation is 1. The van der Waals surface area contributed by atoms with Crippen molar-refractivity contribution in [2.24, 2.45) is 0 Å². The molecule has 0 amide bonds. The zero-order valence-electron chi connectivity index (χ0n) is 13.4. The van der Waals surface area contributed by atoms with E-state index in [4.69, 9.17) is 26.1 Å². The molecule has 1 unspecified atom stereocenters. The average Bonchev–Trinajstić information content (AvgIpc) is 3.15. The first-order chi connectivity index (χ1) is 11.7. The number of ether oxygens (including phenoxy) is 2. The SMILES string of the molecule is CCOC(=O)C1CCn2c1nc1c(N3CCOCC3)nc(Cl)nc12. The Morgan fingerprint density at radius 3 is 2.83 bits per heavy atom. The molecule has 4 heterocycles. The first kappa shape index (κ1) is 15.6. The summed E-state index contributed by atoms with van der Waals surface area (Å²) in [6, 6.07) is 0. The summed E-state index contributed by atoms with van der Waals surface area (Å²) in [7, 11) is 0. The van der Waals surface area contributed by atoms with Gasteiger partial charge in [0.05, 0.1) is 19.8 Å². The minimum Gasteiger partial charge on any atom is -0.465 e. The number of aromatic nitrogens is 4. The normalized spacial score (nSPS) is 20.4. The van der Waals surface area contributed by atoms with Gasteiger partial charge in [0.15, 0.2) is 17.0 Å². The zero-order valence-corrected chi connectivity index (χ0v) is 14.1. The number of hydrogen-bond donors (Lipinski definition) is 0. The molecule has 128 valence electrons. The van der Waals surface area contributed by atoms with Gasteiger partial charge in [0.2, 0.25) is 5.28 Å². The molecule has 9 heteroatoms. The van der Waals surface area contributed by atoms with Crippen molar-refractivity contribution < 1.29 is 14.3 Å². The van der Waals surface area contributed by atoms with Gasteiger partial charge in [-0.1, -0.05) is 0 Å². The molecule has 2 aromatic heterocycles. The van der Waals surface area contributed by atoms with Crippen LogP contribution >= 0.6 is 11.6 Å². The second kappa shape index (κ2) is 6.18. The Kier molecular flexibility index (Phi) is 4.01. The van der Waals surface area contributed by atoms with E-state index in [-0.39, 0.29) is 17.2 Å². The van der Waals surface area contributed by atoms with Crippen molar-refractivity contribution in [1.82, 2.24) is 19.5 Å². The van der Waals surface area contributed by atoms with E-state index in [0.717, 1.165) is 13.1 Å². The van der Waals surface area contributed by atoms with Crippen LogP contribution in [0.15, 0.2) is 0 Å². The molecule has 1 fully saturated rings. The Hall–Kier alpha value is -1.93. The molecule has 24 heavy (non-hydrogen) atoms. The van der Waals surface area contributed by atoms with Crippen LogP contribution in [0.1, 0.15) is 25.1 Å². The third-order valence-corrected chi connectivity index (χ3v) is 4.58. The average molecular weight is 352 g/mol. The molecule has 0 radical (unpaired) electrons. The van der Waals surface area contributed by atoms with Crippen LogP contribution in [0.4, 0.5) is 5.82 Å². The van der Waals surface area contributed by atoms with E-state index in [2.05, 4.69) is 14.9 Å². The first-order valence-corrected chi connectivity index (χ1v) is 8.50. The lowest BCUT2D eigenvalue weighted by molar-refractivity contribution is -0.145. The zero-order chi connectivity index (χ0) is 16.7. The fourth-order valence-electron chi connectivity index (χ4n) is 3.31. The van der Waals surface area contributed by atoms with E-state index in [1.165, 1.54) is 0 Å². The van der Waals surface area contributed by atoms with Crippen molar-refractivity contribution in [3.05, 3.63) is 11.1 Å². The van der Waals surface area contributed by atoms with Crippen molar-refractivity contribution in [2.45, 2.75) is 25.8 Å². The maximum Gasteiger partial charge on any atom is 0.316 e. The second-order valence-corrected chi connectivity index (χ2v) is 6.14. The lowest BCUT2D eigenvalue weighted by atomic mass is 10.1. The molecule has 0 N–H and O–H groups in total. The van der Waals surface area contributed by atoms with Crippen LogP contribution in [-0.4, -0.2) is 58.4 Å². The largest absolute Gasteiger partial charge is 0.465 e. The number of carbonyl (C=O) groups is 1. The Bertz CT molecular complexity index is 787. The molecule has 0 aliphatic carbocycles. The fraction of sp³-hybridized carbons (Fsp3) is 0.600. The summed E-state index contributed by atoms with van der Waals surface area (Å²) < 4.78 is 12.5. The van der Waals surface area contributed by atoms with E-state index in [1.54, 1.807) is 6.92 Å². The van der Waals surface area contributed by atoms with Crippen LogP contribution in [0.25, 0.3) is 11.2 Å². The second-order valence-electron chi connectivity index (χ2n) is 5.80. The molecule has 0 bridgehead atoms. The minimum atomic E-state index is -0.351. The van der Waals surface area contributed by atoms with Gasteiger partial charge in [-0.25, -0.2) is 4.98 Å². The summed E-state index contributed by atoms with van der Waals surface area (Å²) in [6.45, 7) is 5.57. The number of morpholine rings is 1. The van der Waals surface area contributed by atoms with Crippen LogP contribution in [-0.2, 0) is 20.8 Å². The summed E-state index contributed by atoms with van der Waals surface area (Å²) in [5.74, 6) is 0.807. The van der Waals surface area contributed by atoms with Crippen molar-refractivity contribution in [3.8, 4) is 0 Å². The number of hydrogen-bond acceptors (Lipinski definition) is 7. The summed E-state index contributed by atoms with van der Waals surface area (Å²) >= 11 is 6.14. The molecule has 4 rings (SSSR count). The smallest absolute Gasteiger partial charge is 0.316 e. The highest BCUT2D eigenvalue weighted by atomic mass is 35.5. The Balaban J connectivity index is 1.80. The highest BCUT2D eigenvalue weighted by Gasteiger charge is 2.35. The van der Waals surface area contributed by atoms with Gasteiger partial charge >= 0.3 is 5.97 Å². The molecule has 1 saturated heterocycles. The van der Waals surface area contributed by atoms with Gasteiger partial charge < -0.3 is 18.9 Å². The molecule has 0 spiro atoms. The summed E-state index contributed by atoms with van der Waals surface area (Å²) in [5.41, 5.74) is 1.36. The summed E-state index contributed by atoms with van der Waals surface area (Å²) in [6.07, 6.45) is 0.672. The van der Waals surface area contributed by atoms with E-state index in [1.807, 2.05) is 4.57 Å². The van der Waals surface area contributed by atoms with Crippen molar-refractivity contribution in [1.29, 1.82) is 0 Å². The number of anilines is 1. The predicted octanol–water partition coefficient (Wildman–Crippen LogP) is 1.37. The number of halogens is 1. The Morgan fingerprint density at radius 1 is 1.29 bits per heavy atom. The van der Waals surface area contributed by atoms with Crippen molar-refractivity contribution in [2.75, 3.05) is 37.8 Å². The number of imidazole rings is 1. The number of rotatable bonds is 3. The number of fused-ring (bicyclic) bond motifs is 3. The summed E-state index contributed by atoms with van der Waals surface area (Å²) in [5, 5.41) is 0.186. The quantitative estimate of drug-likeness (QED) is 0.610. The van der Waals surface area contributed by atoms with E-state index < -0.39 is 0 Å². The van der Waals surface area contributed by atoms with Crippen LogP contribution in [0.2, 0.25) is 5.28 Å². The number of esters is 1. The topological polar surface area (TPSA) is 82.4 Å². The van der Waals surface area contributed by atoms with Gasteiger partial charge in [0.25, 0.3) is 0 Å². The predicted molar refractivity (Wildman–Crippen MR) is 87.4 cm³/mol. The Labute approximate surface area is 143 Å². The Morgan fingerprint density at radius 2 is 2.08 bits per heavy atom. The van der Waals surface area contributed by atoms with Gasteiger partial charge in [-0.3, -0.25) is 4.79 Å². The molecule has 0 aromatic carbocycles. The van der Waals surface area contributed by atoms with Gasteiger partial charge in [-0.2, -0.15) is 9.97 Å². The maximum absolute atomic E-state index is 12.2. The van der Waals surface area contributed by atoms with E-state index >= 15 is 0 Å². The number of carbonyl (C=O) groups excluding carboxylic acids is 1. The lowest BCUT2D eigenvalue weighted by Gasteiger charge is -2.27. The molecule has 1 atom stereocenters. The van der Waals surface area contributed by atoms with E-state index in [0.29, 0.717) is 55.6 Å². The van der Waals surface area contributed by atoms with E-state index in [9.17, 15) is 4.79 Å². The number of nitrogens with zero attached hydrogens (tertiary/aromatic N) is 5. The van der Waals surface area contributed by atoms with Gasteiger partial charge in [0, 0.05) is 19.6 Å². The minimum absolute atomic E-state index is 0.186. The van der Waals surface area contributed by atoms with Crippen molar-refractivity contribution in [3.63, 3.8) is 0 Å². The first-order valence-electron chi connectivity index (χ1n) is 8.12.